The largest absolute Gasteiger partial charge is 0.334 e. The summed E-state index contributed by atoms with van der Waals surface area (Å²) in [6, 6.07) is 96.6. The molecule has 0 aliphatic heterocycles. The zero-order chi connectivity index (χ0) is 46.4. The van der Waals surface area contributed by atoms with Gasteiger partial charge in [-0.3, -0.25) is 0 Å². The molecule has 69 heavy (non-hydrogen) atoms. The first-order chi connectivity index (χ1) is 34.1. The van der Waals surface area contributed by atoms with E-state index < -0.39 is 0 Å². The molecule has 2 heteroatoms. The van der Waals surface area contributed by atoms with Crippen LogP contribution in [0.25, 0.3) is 61.2 Å². The fraction of sp³-hybridized carbons (Fsp3) is 0.0448. The van der Waals surface area contributed by atoms with E-state index in [-0.39, 0.29) is 12.0 Å². The Morgan fingerprint density at radius 3 is 0.986 bits per heavy atom. The average molecular weight is 885 g/mol. The molecule has 330 valence electrons. The lowest BCUT2D eigenvalue weighted by Gasteiger charge is -2.38. The lowest BCUT2D eigenvalue weighted by molar-refractivity contribution is 0.611. The molecular weight excluding hydrogens is 833 g/mol. The topological polar surface area (TPSA) is 6.48 Å². The van der Waals surface area contributed by atoms with E-state index in [0.29, 0.717) is 0 Å². The number of hydrogen-bond donors (Lipinski definition) is 0. The summed E-state index contributed by atoms with van der Waals surface area (Å²) in [5, 5.41) is 0. The van der Waals surface area contributed by atoms with Gasteiger partial charge in [-0.2, -0.15) is 0 Å². The monoisotopic (exact) mass is 884 g/mol. The van der Waals surface area contributed by atoms with Crippen molar-refractivity contribution in [1.82, 2.24) is 0 Å². The minimum absolute atomic E-state index is 0.0207. The van der Waals surface area contributed by atoms with Gasteiger partial charge < -0.3 is 9.80 Å². The van der Waals surface area contributed by atoms with E-state index in [1.807, 2.05) is 0 Å². The summed E-state index contributed by atoms with van der Waals surface area (Å²) in [5.74, 6) is 0.184. The molecule has 0 bridgehead atoms. The van der Waals surface area contributed by atoms with Crippen molar-refractivity contribution < 1.29 is 0 Å². The summed E-state index contributed by atoms with van der Waals surface area (Å²) in [5.41, 5.74) is 19.7. The van der Waals surface area contributed by atoms with Crippen molar-refractivity contribution in [3.05, 3.63) is 291 Å². The molecule has 0 saturated carbocycles. The number of allylic oxidation sites excluding steroid dienone is 2. The zero-order valence-electron chi connectivity index (χ0n) is 38.7. The van der Waals surface area contributed by atoms with Gasteiger partial charge in [-0.05, 0) is 127 Å². The molecular formula is C67H52N2. The maximum absolute atomic E-state index is 2.55. The predicted octanol–water partition coefficient (Wildman–Crippen LogP) is 18.3. The van der Waals surface area contributed by atoms with Gasteiger partial charge in [-0.25, -0.2) is 0 Å². The molecule has 11 rings (SSSR count). The number of nitrogens with zero attached hydrogens (tertiary/aromatic N) is 2. The van der Waals surface area contributed by atoms with Gasteiger partial charge in [0.05, 0.1) is 6.04 Å². The van der Waals surface area contributed by atoms with Crippen LogP contribution >= 0.6 is 0 Å². The summed E-state index contributed by atoms with van der Waals surface area (Å²) in [4.78, 5) is 4.97. The van der Waals surface area contributed by atoms with Crippen molar-refractivity contribution in [3.8, 4) is 55.6 Å². The fourth-order valence-electron chi connectivity index (χ4n) is 9.73. The number of anilines is 5. The highest BCUT2D eigenvalue weighted by Crippen LogP contribution is 2.44. The second-order valence-electron chi connectivity index (χ2n) is 17.8. The Kier molecular flexibility index (Phi) is 12.2. The number of hydrogen-bond acceptors (Lipinski definition) is 2. The molecule has 0 spiro atoms. The highest BCUT2D eigenvalue weighted by atomic mass is 15.2. The van der Waals surface area contributed by atoms with Gasteiger partial charge in [0.2, 0.25) is 0 Å². The smallest absolute Gasteiger partial charge is 0.0585 e. The zero-order valence-corrected chi connectivity index (χ0v) is 38.7. The Morgan fingerprint density at radius 2 is 0.594 bits per heavy atom. The molecule has 1 aliphatic rings. The first kappa shape index (κ1) is 42.9. The van der Waals surface area contributed by atoms with Crippen LogP contribution < -0.4 is 9.80 Å². The van der Waals surface area contributed by atoms with Crippen LogP contribution in [0.1, 0.15) is 12.5 Å². The molecule has 0 aromatic heterocycles. The van der Waals surface area contributed by atoms with Gasteiger partial charge in [0, 0.05) is 28.4 Å². The molecule has 0 radical (unpaired) electrons. The maximum Gasteiger partial charge on any atom is 0.0585 e. The van der Waals surface area contributed by atoms with Crippen molar-refractivity contribution in [3.63, 3.8) is 0 Å². The summed E-state index contributed by atoms with van der Waals surface area (Å²) < 4.78 is 0. The maximum atomic E-state index is 2.55. The van der Waals surface area contributed by atoms with E-state index in [2.05, 4.69) is 302 Å². The van der Waals surface area contributed by atoms with Crippen LogP contribution in [0.5, 0.6) is 0 Å². The third-order valence-corrected chi connectivity index (χ3v) is 13.3. The van der Waals surface area contributed by atoms with Crippen LogP contribution in [-0.2, 0) is 0 Å². The van der Waals surface area contributed by atoms with Crippen LogP contribution in [0, 0.1) is 5.92 Å². The van der Waals surface area contributed by atoms with Crippen LogP contribution in [0.2, 0.25) is 0 Å². The average Bonchev–Trinajstić information content (AvgIpc) is 3.43. The second-order valence-corrected chi connectivity index (χ2v) is 17.8. The van der Waals surface area contributed by atoms with Gasteiger partial charge >= 0.3 is 0 Å². The Bertz CT molecular complexity index is 3240. The van der Waals surface area contributed by atoms with Crippen LogP contribution in [0.4, 0.5) is 28.4 Å². The van der Waals surface area contributed by atoms with E-state index >= 15 is 0 Å². The Morgan fingerprint density at radius 1 is 0.275 bits per heavy atom. The minimum Gasteiger partial charge on any atom is -0.334 e. The molecule has 2 unspecified atom stereocenters. The first-order valence-corrected chi connectivity index (χ1v) is 23.9. The van der Waals surface area contributed by atoms with Crippen molar-refractivity contribution in [1.29, 1.82) is 0 Å². The van der Waals surface area contributed by atoms with Crippen LogP contribution in [0.3, 0.4) is 0 Å². The third kappa shape index (κ3) is 9.34. The molecule has 0 fully saturated rings. The summed E-state index contributed by atoms with van der Waals surface area (Å²) in [7, 11) is 0. The molecule has 10 aromatic rings. The molecule has 0 heterocycles. The summed E-state index contributed by atoms with van der Waals surface area (Å²) >= 11 is 0. The highest BCUT2D eigenvalue weighted by Gasteiger charge is 2.28. The molecule has 0 saturated heterocycles. The van der Waals surface area contributed by atoms with Crippen molar-refractivity contribution in [2.75, 3.05) is 9.80 Å². The molecule has 1 aliphatic carbocycles. The van der Waals surface area contributed by atoms with E-state index in [0.717, 1.165) is 39.6 Å². The quantitative estimate of drug-likeness (QED) is 0.121. The summed E-state index contributed by atoms with van der Waals surface area (Å²) in [6.45, 7) is 2.35. The Balaban J connectivity index is 1.10. The Hall–Kier alpha value is -8.72. The van der Waals surface area contributed by atoms with Crippen LogP contribution in [-0.4, -0.2) is 6.04 Å². The lowest BCUT2D eigenvalue weighted by atomic mass is 9.88. The van der Waals surface area contributed by atoms with E-state index in [1.165, 1.54) is 55.6 Å². The molecule has 2 nitrogen and oxygen atoms in total. The highest BCUT2D eigenvalue weighted by molar-refractivity contribution is 5.87. The van der Waals surface area contributed by atoms with Gasteiger partial charge in [0.1, 0.15) is 0 Å². The van der Waals surface area contributed by atoms with Gasteiger partial charge in [-0.15, -0.1) is 0 Å². The predicted molar refractivity (Wildman–Crippen MR) is 293 cm³/mol. The number of benzene rings is 10. The summed E-state index contributed by atoms with van der Waals surface area (Å²) in [6.07, 6.45) is 7.15. The van der Waals surface area contributed by atoms with E-state index in [9.17, 15) is 0 Å². The van der Waals surface area contributed by atoms with E-state index in [4.69, 9.17) is 0 Å². The lowest BCUT2D eigenvalue weighted by Crippen LogP contribution is -2.35. The van der Waals surface area contributed by atoms with Gasteiger partial charge in [0.15, 0.2) is 0 Å². The van der Waals surface area contributed by atoms with Crippen LogP contribution in [0.15, 0.2) is 285 Å². The molecule has 0 amide bonds. The van der Waals surface area contributed by atoms with Crippen molar-refractivity contribution >= 4 is 34.0 Å². The fourth-order valence-corrected chi connectivity index (χ4v) is 9.73. The molecule has 2 atom stereocenters. The second kappa shape index (κ2) is 19.6. The normalized spacial score (nSPS) is 14.2. The SMILES string of the molecule is CC1C=C(c2ccccc2)C=CC1N(c1ccc(-c2ccccc2)cc1)c1cc(-c2ccc(-c3ccccc3)cc2)cc(N(c2ccc(-c3ccccc3)cc2)c2ccc(-c3ccccc3)cc2)c1. The first-order valence-electron chi connectivity index (χ1n) is 23.9. The standard InChI is InChI=1S/C67H52N2/c1-49-45-60(54-25-15-6-16-26-54)37-44-67(49)69(64-42-35-58(36-43-64)53-23-13-5-14-24-53)66-47-61(59-29-27-55(28-30-59)50-17-7-2-8-18-50)46-65(48-66)68(62-38-31-56(32-39-62)51-19-9-3-10-20-51)63-40-33-57(34-41-63)52-21-11-4-12-22-52/h2-49,67H,1H3. The number of rotatable bonds is 12. The minimum atomic E-state index is 0.0207. The van der Waals surface area contributed by atoms with E-state index in [1.54, 1.807) is 0 Å². The van der Waals surface area contributed by atoms with Gasteiger partial charge in [0.25, 0.3) is 0 Å². The molecule has 10 aromatic carbocycles. The third-order valence-electron chi connectivity index (χ3n) is 13.3. The van der Waals surface area contributed by atoms with Gasteiger partial charge in [-0.1, -0.05) is 237 Å². The molecule has 0 N–H and O–H groups in total. The van der Waals surface area contributed by atoms with Crippen molar-refractivity contribution in [2.45, 2.75) is 13.0 Å². The van der Waals surface area contributed by atoms with Crippen molar-refractivity contribution in [2.24, 2.45) is 5.92 Å². The Labute approximate surface area is 407 Å².